The highest BCUT2D eigenvalue weighted by Gasteiger charge is 2.23. The first kappa shape index (κ1) is 19.5. The summed E-state index contributed by atoms with van der Waals surface area (Å²) >= 11 is 0. The lowest BCUT2D eigenvalue weighted by molar-refractivity contribution is 0.246. The molecule has 1 fully saturated rings. The standard InChI is InChI=1S/C23H26FN5/c1-15-9-10-20(16(2)25-15)21-13-22(26-19-8-4-7-18(24)12-19)28-23(27-21)17-6-5-11-29(3)14-17/h4,7-10,12-13,17H,5-6,11,14H2,1-3H3,(H,26,27,28). The Kier molecular flexibility index (Phi) is 5.53. The van der Waals surface area contributed by atoms with Gasteiger partial charge in [-0.15, -0.1) is 0 Å². The van der Waals surface area contributed by atoms with Crippen molar-refractivity contribution < 1.29 is 4.39 Å². The van der Waals surface area contributed by atoms with Gasteiger partial charge in [0.25, 0.3) is 0 Å². The van der Waals surface area contributed by atoms with E-state index in [2.05, 4.69) is 28.3 Å². The maximum absolute atomic E-state index is 13.6. The molecule has 0 saturated carbocycles. The van der Waals surface area contributed by atoms with Crippen molar-refractivity contribution in [2.75, 3.05) is 25.5 Å². The molecule has 1 aliphatic rings. The maximum Gasteiger partial charge on any atom is 0.135 e. The lowest BCUT2D eigenvalue weighted by atomic mass is 9.97. The van der Waals surface area contributed by atoms with Gasteiger partial charge in [0.1, 0.15) is 17.5 Å². The van der Waals surface area contributed by atoms with Gasteiger partial charge in [0.05, 0.1) is 5.69 Å². The van der Waals surface area contributed by atoms with Gasteiger partial charge in [-0.3, -0.25) is 4.98 Å². The molecule has 1 aliphatic heterocycles. The van der Waals surface area contributed by atoms with Crippen LogP contribution >= 0.6 is 0 Å². The Morgan fingerprint density at radius 2 is 1.93 bits per heavy atom. The van der Waals surface area contributed by atoms with E-state index in [1.807, 2.05) is 32.0 Å². The summed E-state index contributed by atoms with van der Waals surface area (Å²) in [5.74, 6) is 1.49. The fourth-order valence-electron chi connectivity index (χ4n) is 3.90. The average Bonchev–Trinajstić information content (AvgIpc) is 2.68. The first-order valence-corrected chi connectivity index (χ1v) is 10.0. The largest absolute Gasteiger partial charge is 0.340 e. The zero-order chi connectivity index (χ0) is 20.4. The summed E-state index contributed by atoms with van der Waals surface area (Å²) in [7, 11) is 2.13. The Morgan fingerprint density at radius 3 is 2.69 bits per heavy atom. The molecule has 150 valence electrons. The summed E-state index contributed by atoms with van der Waals surface area (Å²) in [5, 5.41) is 3.25. The van der Waals surface area contributed by atoms with Crippen LogP contribution in [0, 0.1) is 19.7 Å². The third kappa shape index (κ3) is 4.59. The van der Waals surface area contributed by atoms with Crippen molar-refractivity contribution in [3.63, 3.8) is 0 Å². The van der Waals surface area contributed by atoms with Crippen LogP contribution in [0.5, 0.6) is 0 Å². The van der Waals surface area contributed by atoms with Crippen LogP contribution in [0.2, 0.25) is 0 Å². The SMILES string of the molecule is Cc1ccc(-c2cc(Nc3cccc(F)c3)nc(C3CCCN(C)C3)n2)c(C)n1. The third-order valence-corrected chi connectivity index (χ3v) is 5.33. The van der Waals surface area contributed by atoms with Crippen LogP contribution in [0.15, 0.2) is 42.5 Å². The van der Waals surface area contributed by atoms with Crippen LogP contribution < -0.4 is 5.32 Å². The van der Waals surface area contributed by atoms with Gasteiger partial charge >= 0.3 is 0 Å². The minimum atomic E-state index is -0.281. The van der Waals surface area contributed by atoms with E-state index >= 15 is 0 Å². The second-order valence-corrected chi connectivity index (χ2v) is 7.82. The monoisotopic (exact) mass is 391 g/mol. The Morgan fingerprint density at radius 1 is 1.07 bits per heavy atom. The van der Waals surface area contributed by atoms with Crippen molar-refractivity contribution >= 4 is 11.5 Å². The zero-order valence-electron chi connectivity index (χ0n) is 17.1. The fraction of sp³-hybridized carbons (Fsp3) is 0.348. The Hall–Kier alpha value is -2.86. The van der Waals surface area contributed by atoms with Crippen LogP contribution in [0.25, 0.3) is 11.3 Å². The molecule has 5 nitrogen and oxygen atoms in total. The van der Waals surface area contributed by atoms with Gasteiger partial charge in [0.15, 0.2) is 0 Å². The molecule has 1 aromatic carbocycles. The van der Waals surface area contributed by atoms with Crippen LogP contribution in [0.4, 0.5) is 15.9 Å². The Balaban J connectivity index is 1.76. The lowest BCUT2D eigenvalue weighted by Crippen LogP contribution is -2.31. The van der Waals surface area contributed by atoms with Crippen LogP contribution in [0.1, 0.15) is 36.0 Å². The van der Waals surface area contributed by atoms with Gasteiger partial charge in [-0.25, -0.2) is 14.4 Å². The highest BCUT2D eigenvalue weighted by atomic mass is 19.1. The number of aryl methyl sites for hydroxylation is 2. The Labute approximate surface area is 171 Å². The zero-order valence-corrected chi connectivity index (χ0v) is 17.1. The second kappa shape index (κ2) is 8.25. The molecular weight excluding hydrogens is 365 g/mol. The number of likely N-dealkylation sites (tertiary alicyclic amines) is 1. The molecular formula is C23H26FN5. The second-order valence-electron chi connectivity index (χ2n) is 7.82. The van der Waals surface area contributed by atoms with E-state index in [4.69, 9.17) is 9.97 Å². The third-order valence-electron chi connectivity index (χ3n) is 5.33. The number of benzene rings is 1. The number of piperidine rings is 1. The molecule has 3 heterocycles. The van der Waals surface area contributed by atoms with Crippen molar-refractivity contribution in [2.24, 2.45) is 0 Å². The predicted molar refractivity (Wildman–Crippen MR) is 114 cm³/mol. The number of hydrogen-bond acceptors (Lipinski definition) is 5. The molecule has 0 radical (unpaired) electrons. The normalized spacial score (nSPS) is 17.3. The number of nitrogens with one attached hydrogen (secondary N) is 1. The van der Waals surface area contributed by atoms with Crippen LogP contribution in [-0.4, -0.2) is 40.0 Å². The number of halogens is 1. The van der Waals surface area contributed by atoms with Crippen molar-refractivity contribution in [1.82, 2.24) is 19.9 Å². The van der Waals surface area contributed by atoms with E-state index in [0.717, 1.165) is 54.4 Å². The average molecular weight is 391 g/mol. The quantitative estimate of drug-likeness (QED) is 0.689. The molecule has 1 atom stereocenters. The number of anilines is 2. The molecule has 4 rings (SSSR count). The summed E-state index contributed by atoms with van der Waals surface area (Å²) in [6.45, 7) is 6.02. The molecule has 2 aromatic heterocycles. The summed E-state index contributed by atoms with van der Waals surface area (Å²) in [6.07, 6.45) is 2.20. The predicted octanol–water partition coefficient (Wildman–Crippen LogP) is 4.85. The molecule has 0 spiro atoms. The summed E-state index contributed by atoms with van der Waals surface area (Å²) in [5.41, 5.74) is 4.41. The van der Waals surface area contributed by atoms with Crippen molar-refractivity contribution in [1.29, 1.82) is 0 Å². The van der Waals surface area contributed by atoms with Gasteiger partial charge in [-0.1, -0.05) is 6.07 Å². The van der Waals surface area contributed by atoms with Crippen molar-refractivity contribution in [3.05, 3.63) is 65.5 Å². The van der Waals surface area contributed by atoms with Gasteiger partial charge in [0, 0.05) is 41.2 Å². The van der Waals surface area contributed by atoms with E-state index in [9.17, 15) is 4.39 Å². The molecule has 3 aromatic rings. The smallest absolute Gasteiger partial charge is 0.135 e. The molecule has 0 aliphatic carbocycles. The molecule has 1 unspecified atom stereocenters. The molecule has 0 bridgehead atoms. The van der Waals surface area contributed by atoms with Crippen molar-refractivity contribution in [3.8, 4) is 11.3 Å². The number of aromatic nitrogens is 3. The molecule has 1 saturated heterocycles. The van der Waals surface area contributed by atoms with E-state index in [-0.39, 0.29) is 11.7 Å². The molecule has 0 amide bonds. The Bertz CT molecular complexity index is 1020. The number of pyridine rings is 1. The van der Waals surface area contributed by atoms with Gasteiger partial charge in [-0.2, -0.15) is 0 Å². The fourth-order valence-corrected chi connectivity index (χ4v) is 3.90. The van der Waals surface area contributed by atoms with Gasteiger partial charge in [0.2, 0.25) is 0 Å². The topological polar surface area (TPSA) is 53.9 Å². The summed E-state index contributed by atoms with van der Waals surface area (Å²) in [4.78, 5) is 16.6. The van der Waals surface area contributed by atoms with Crippen molar-refractivity contribution in [2.45, 2.75) is 32.6 Å². The molecule has 6 heteroatoms. The number of nitrogens with zero attached hydrogens (tertiary/aromatic N) is 4. The number of likely N-dealkylation sites (N-methyl/N-ethyl adjacent to an activating group) is 1. The maximum atomic E-state index is 13.6. The molecule has 1 N–H and O–H groups in total. The van der Waals surface area contributed by atoms with E-state index in [1.54, 1.807) is 6.07 Å². The van der Waals surface area contributed by atoms with Gasteiger partial charge < -0.3 is 10.2 Å². The van der Waals surface area contributed by atoms with Gasteiger partial charge in [-0.05, 0) is 70.6 Å². The van der Waals surface area contributed by atoms with E-state index in [1.165, 1.54) is 12.1 Å². The first-order chi connectivity index (χ1) is 14.0. The van der Waals surface area contributed by atoms with Crippen LogP contribution in [0.3, 0.4) is 0 Å². The summed E-state index contributed by atoms with van der Waals surface area (Å²) < 4.78 is 13.6. The highest BCUT2D eigenvalue weighted by molar-refractivity contribution is 5.67. The van der Waals surface area contributed by atoms with E-state index < -0.39 is 0 Å². The highest BCUT2D eigenvalue weighted by Crippen LogP contribution is 2.30. The minimum Gasteiger partial charge on any atom is -0.340 e. The number of hydrogen-bond donors (Lipinski definition) is 1. The molecule has 29 heavy (non-hydrogen) atoms. The number of rotatable bonds is 4. The van der Waals surface area contributed by atoms with E-state index in [0.29, 0.717) is 11.5 Å². The minimum absolute atomic E-state index is 0.278. The summed E-state index contributed by atoms with van der Waals surface area (Å²) in [6, 6.07) is 12.4. The first-order valence-electron chi connectivity index (χ1n) is 10.0. The lowest BCUT2D eigenvalue weighted by Gasteiger charge is -2.29. The van der Waals surface area contributed by atoms with Crippen LogP contribution in [-0.2, 0) is 0 Å².